The first kappa shape index (κ1) is 62.4. The molecule has 0 heterocycles. The number of amides is 2. The van der Waals surface area contributed by atoms with Crippen LogP contribution in [-0.4, -0.2) is 73.6 Å². The van der Waals surface area contributed by atoms with E-state index in [9.17, 15) is 54.7 Å². The van der Waals surface area contributed by atoms with Crippen LogP contribution < -0.4 is 39.1 Å². The Morgan fingerprint density at radius 3 is 0.631 bits per heavy atom. The molecular formula is C58H48N2O20S4. The fraction of sp³-hybridized carbons (Fsp3) is 0.138. The van der Waals surface area contributed by atoms with Crippen molar-refractivity contribution in [3.8, 4) is 34.5 Å². The van der Waals surface area contributed by atoms with Gasteiger partial charge in [-0.25, -0.2) is 0 Å². The van der Waals surface area contributed by atoms with E-state index in [0.717, 1.165) is 53.7 Å². The second kappa shape index (κ2) is 25.9. The summed E-state index contributed by atoms with van der Waals surface area (Å²) >= 11 is 0. The minimum Gasteiger partial charge on any atom is -0.427 e. The smallest absolute Gasteiger partial charge is 0.324 e. The highest BCUT2D eigenvalue weighted by Crippen LogP contribution is 2.49. The molecule has 0 radical (unpaired) electrons. The zero-order valence-electron chi connectivity index (χ0n) is 44.9. The van der Waals surface area contributed by atoms with Crippen molar-refractivity contribution >= 4 is 98.9 Å². The lowest BCUT2D eigenvalue weighted by atomic mass is 9.68. The van der Waals surface area contributed by atoms with Crippen molar-refractivity contribution in [3.63, 3.8) is 0 Å². The predicted molar refractivity (Wildman–Crippen MR) is 305 cm³/mol. The molecule has 2 amide bonds. The molecule has 0 fully saturated rings. The fourth-order valence-electron chi connectivity index (χ4n) is 8.99. The summed E-state index contributed by atoms with van der Waals surface area (Å²) < 4.78 is 106. The van der Waals surface area contributed by atoms with Crippen LogP contribution in [0.15, 0.2) is 168 Å². The molecule has 434 valence electrons. The molecule has 0 unspecified atom stereocenters. The third-order valence-electron chi connectivity index (χ3n) is 12.0. The van der Waals surface area contributed by atoms with E-state index in [0.29, 0.717) is 0 Å². The summed E-state index contributed by atoms with van der Waals surface area (Å²) in [6.07, 6.45) is 0. The number of carbonyl (C=O) groups excluding carboxylic acids is 8. The van der Waals surface area contributed by atoms with E-state index in [4.69, 9.17) is 28.4 Å². The first-order valence-corrected chi connectivity index (χ1v) is 30.0. The normalized spacial score (nSPS) is 11.5. The summed E-state index contributed by atoms with van der Waals surface area (Å²) in [4.78, 5) is 102. The summed E-state index contributed by atoms with van der Waals surface area (Å²) in [5.41, 5.74) is -4.64. The SMILES string of the molecule is CC(=O)Oc1ccc(C(C(=O)Nc2ccc(NC(=O)C(c3ccc(OC(C)=O)cc3)(c3ccc(OC(C)=O)cc3)c3ccc(OC(C)=O)cc3)c(SS(=O)(=O)O)c2SS(=O)(=O)O)(c2ccc(OC(C)=O)cc2)c2ccc(OC(C)=O)cc2)cc1. The van der Waals surface area contributed by atoms with Crippen molar-refractivity contribution < 1.29 is 92.7 Å². The van der Waals surface area contributed by atoms with Gasteiger partial charge >= 0.3 is 54.1 Å². The van der Waals surface area contributed by atoms with Gasteiger partial charge in [0, 0.05) is 63.1 Å². The van der Waals surface area contributed by atoms with Gasteiger partial charge in [0.15, 0.2) is 0 Å². The average molecular weight is 1220 g/mol. The van der Waals surface area contributed by atoms with Crippen molar-refractivity contribution in [1.29, 1.82) is 0 Å². The monoisotopic (exact) mass is 1220 g/mol. The van der Waals surface area contributed by atoms with E-state index < -0.39 is 97.9 Å². The number of rotatable bonds is 20. The molecular weight excluding hydrogens is 1170 g/mol. The van der Waals surface area contributed by atoms with Gasteiger partial charge in [0.05, 0.1) is 21.2 Å². The van der Waals surface area contributed by atoms with Crippen LogP contribution >= 0.6 is 21.6 Å². The van der Waals surface area contributed by atoms with E-state index in [1.54, 1.807) is 0 Å². The highest BCUT2D eigenvalue weighted by atomic mass is 33.2. The Balaban J connectivity index is 1.50. The minimum atomic E-state index is -5.36. The van der Waals surface area contributed by atoms with Gasteiger partial charge in [0.1, 0.15) is 45.3 Å². The first-order valence-electron chi connectivity index (χ1n) is 24.4. The zero-order valence-corrected chi connectivity index (χ0v) is 48.2. The largest absolute Gasteiger partial charge is 0.427 e. The third kappa shape index (κ3) is 15.1. The van der Waals surface area contributed by atoms with Gasteiger partial charge in [-0.15, -0.1) is 0 Å². The summed E-state index contributed by atoms with van der Waals surface area (Å²) in [5.74, 6) is -5.88. The second-order valence-corrected chi connectivity index (χ2v) is 24.3. The van der Waals surface area contributed by atoms with Gasteiger partial charge in [-0.3, -0.25) is 47.5 Å². The molecule has 0 aromatic heterocycles. The van der Waals surface area contributed by atoms with Gasteiger partial charge in [-0.05, 0) is 118 Å². The van der Waals surface area contributed by atoms with Crippen LogP contribution in [0.25, 0.3) is 0 Å². The van der Waals surface area contributed by atoms with Gasteiger partial charge < -0.3 is 39.1 Å². The van der Waals surface area contributed by atoms with Gasteiger partial charge in [-0.1, -0.05) is 72.8 Å². The zero-order chi connectivity index (χ0) is 61.3. The maximum Gasteiger partial charge on any atom is 0.324 e. The standard InChI is InChI=1S/C58H48N2O20S4/c1-33(61)75-45-19-7-39(8-20-45)57(40-9-21-46(22-10-40)76-34(2)62,41-11-23-47(24-12-41)77-35(3)63)55(67)59-51-31-32-52(54(82-84(72,73)74)53(51)81-83(69,70)71)60-56(68)58(42-13-25-48(26-14-42)78-36(4)64,43-15-27-49(28-16-43)79-37(5)65)44-17-29-50(30-18-44)80-38(6)66/h7-32H,1-6H3,(H,59,67)(H,60,68)(H,69,70,71)(H,72,73,74). The Hall–Kier alpha value is -9.18. The Morgan fingerprint density at radius 2 is 0.488 bits per heavy atom. The molecule has 7 aromatic carbocycles. The van der Waals surface area contributed by atoms with Crippen molar-refractivity contribution in [2.24, 2.45) is 0 Å². The number of esters is 6. The van der Waals surface area contributed by atoms with Crippen LogP contribution in [0.2, 0.25) is 0 Å². The lowest BCUT2D eigenvalue weighted by Gasteiger charge is -2.35. The van der Waals surface area contributed by atoms with Crippen LogP contribution in [0.4, 0.5) is 11.4 Å². The van der Waals surface area contributed by atoms with E-state index in [1.165, 1.54) is 146 Å². The molecule has 4 N–H and O–H groups in total. The average Bonchev–Trinajstić information content (AvgIpc) is 0.896. The molecule has 0 aliphatic carbocycles. The predicted octanol–water partition coefficient (Wildman–Crippen LogP) is 8.97. The van der Waals surface area contributed by atoms with E-state index in [-0.39, 0.29) is 89.5 Å². The molecule has 26 heteroatoms. The van der Waals surface area contributed by atoms with E-state index >= 15 is 9.59 Å². The van der Waals surface area contributed by atoms with Gasteiger partial charge in [-0.2, -0.15) is 16.8 Å². The van der Waals surface area contributed by atoms with Crippen LogP contribution in [0.3, 0.4) is 0 Å². The van der Waals surface area contributed by atoms with Gasteiger partial charge in [0.2, 0.25) is 11.8 Å². The topological polar surface area (TPSA) is 325 Å². The highest BCUT2D eigenvalue weighted by Gasteiger charge is 2.47. The molecule has 0 spiro atoms. The minimum absolute atomic E-state index is 0.0494. The Morgan fingerprint density at radius 1 is 0.321 bits per heavy atom. The number of anilines is 2. The molecule has 0 aliphatic heterocycles. The van der Waals surface area contributed by atoms with Crippen molar-refractivity contribution in [2.75, 3.05) is 10.6 Å². The fourth-order valence-corrected chi connectivity index (χ4v) is 13.1. The number of hydrogen-bond acceptors (Lipinski definition) is 20. The molecule has 84 heavy (non-hydrogen) atoms. The van der Waals surface area contributed by atoms with Crippen molar-refractivity contribution in [3.05, 3.63) is 191 Å². The number of carbonyl (C=O) groups is 8. The van der Waals surface area contributed by atoms with Crippen LogP contribution in [0.5, 0.6) is 34.5 Å². The molecule has 7 aromatic rings. The molecule has 0 bridgehead atoms. The lowest BCUT2D eigenvalue weighted by Crippen LogP contribution is -2.43. The molecule has 0 atom stereocenters. The Bertz CT molecular complexity index is 3390. The molecule has 0 saturated carbocycles. The molecule has 0 saturated heterocycles. The van der Waals surface area contributed by atoms with E-state index in [2.05, 4.69) is 10.6 Å². The lowest BCUT2D eigenvalue weighted by molar-refractivity contribution is -0.132. The number of nitrogens with one attached hydrogen (secondary N) is 2. The quantitative estimate of drug-likeness (QED) is 0.0182. The van der Waals surface area contributed by atoms with Crippen LogP contribution in [0.1, 0.15) is 74.9 Å². The number of benzene rings is 7. The number of hydrogen-bond donors (Lipinski definition) is 4. The maximum absolute atomic E-state index is 15.9. The second-order valence-electron chi connectivity index (χ2n) is 18.0. The number of ether oxygens (including phenoxy) is 6. The van der Waals surface area contributed by atoms with Crippen LogP contribution in [0, 0.1) is 0 Å². The van der Waals surface area contributed by atoms with E-state index in [1.807, 2.05) is 0 Å². The Labute approximate surface area is 487 Å². The van der Waals surface area contributed by atoms with Crippen molar-refractivity contribution in [2.45, 2.75) is 62.2 Å². The molecule has 22 nitrogen and oxygen atoms in total. The summed E-state index contributed by atoms with van der Waals surface area (Å²) in [5, 5.41) is 5.36. The first-order chi connectivity index (χ1) is 39.6. The van der Waals surface area contributed by atoms with Gasteiger partial charge in [0.25, 0.3) is 0 Å². The highest BCUT2D eigenvalue weighted by molar-refractivity contribution is 8.71. The summed E-state index contributed by atoms with van der Waals surface area (Å²) in [7, 11) is -11.5. The third-order valence-corrected chi connectivity index (χ3v) is 16.0. The molecule has 7 rings (SSSR count). The summed E-state index contributed by atoms with van der Waals surface area (Å²) in [6.45, 7) is 6.98. The van der Waals surface area contributed by atoms with Crippen molar-refractivity contribution in [1.82, 2.24) is 0 Å². The Kier molecular flexibility index (Phi) is 19.3. The summed E-state index contributed by atoms with van der Waals surface area (Å²) in [6, 6.07) is 35.7. The molecule has 0 aliphatic rings. The maximum atomic E-state index is 15.9. The van der Waals surface area contributed by atoms with Crippen LogP contribution in [-0.2, 0) is 67.5 Å².